The normalized spacial score (nSPS) is 17.0. The molecular weight excluding hydrogens is 369 g/mol. The highest BCUT2D eigenvalue weighted by atomic mass is 19.4. The molecule has 2 rings (SSSR count). The third-order valence-electron chi connectivity index (χ3n) is 4.89. The zero-order valence-corrected chi connectivity index (χ0v) is 17.1. The van der Waals surface area contributed by atoms with Gasteiger partial charge in [0, 0.05) is 31.4 Å². The van der Waals surface area contributed by atoms with Crippen molar-refractivity contribution in [3.8, 4) is 0 Å². The van der Waals surface area contributed by atoms with Gasteiger partial charge >= 0.3 is 6.18 Å². The topological polar surface area (TPSA) is 48.9 Å². The van der Waals surface area contributed by atoms with E-state index in [0.717, 1.165) is 0 Å². The molecule has 0 amide bonds. The van der Waals surface area contributed by atoms with Crippen LogP contribution in [0.15, 0.2) is 23.2 Å². The third-order valence-corrected chi connectivity index (χ3v) is 4.89. The molecule has 1 aliphatic rings. The largest absolute Gasteiger partial charge is 0.416 e. The van der Waals surface area contributed by atoms with Gasteiger partial charge in [-0.1, -0.05) is 19.9 Å². The number of hydrogen-bond acceptors (Lipinski definition) is 3. The van der Waals surface area contributed by atoms with Crippen LogP contribution in [0.4, 0.5) is 18.9 Å². The minimum Gasteiger partial charge on any atom is -0.378 e. The number of ether oxygens (including phenoxy) is 1. The number of guanidine groups is 1. The zero-order chi connectivity index (χ0) is 20.7. The second kappa shape index (κ2) is 10.0. The van der Waals surface area contributed by atoms with E-state index in [2.05, 4.69) is 29.5 Å². The SMILES string of the molecule is CCNC(=NCc1ccc(N2CCOCC2)cc1C(F)(F)F)NC(C)C(C)C. The van der Waals surface area contributed by atoms with Crippen molar-refractivity contribution in [2.45, 2.75) is 46.5 Å². The molecule has 1 aromatic carbocycles. The molecule has 5 nitrogen and oxygen atoms in total. The molecule has 1 aliphatic heterocycles. The van der Waals surface area contributed by atoms with Crippen molar-refractivity contribution in [3.63, 3.8) is 0 Å². The summed E-state index contributed by atoms with van der Waals surface area (Å²) in [5, 5.41) is 6.34. The lowest BCUT2D eigenvalue weighted by Crippen LogP contribution is -2.44. The number of anilines is 1. The summed E-state index contributed by atoms with van der Waals surface area (Å²) in [7, 11) is 0. The Labute approximate surface area is 165 Å². The maximum Gasteiger partial charge on any atom is 0.416 e. The van der Waals surface area contributed by atoms with Crippen molar-refractivity contribution >= 4 is 11.6 Å². The predicted octanol–water partition coefficient (Wildman–Crippen LogP) is 3.64. The van der Waals surface area contributed by atoms with E-state index in [1.54, 1.807) is 6.07 Å². The quantitative estimate of drug-likeness (QED) is 0.565. The van der Waals surface area contributed by atoms with Gasteiger partial charge in [0.25, 0.3) is 0 Å². The molecule has 28 heavy (non-hydrogen) atoms. The fraction of sp³-hybridized carbons (Fsp3) is 0.650. The average molecular weight is 400 g/mol. The summed E-state index contributed by atoms with van der Waals surface area (Å²) in [5.74, 6) is 0.900. The Bertz CT molecular complexity index is 655. The molecule has 158 valence electrons. The third kappa shape index (κ3) is 6.29. The van der Waals surface area contributed by atoms with Crippen LogP contribution in [0, 0.1) is 5.92 Å². The molecule has 1 atom stereocenters. The molecular formula is C20H31F3N4O. The van der Waals surface area contributed by atoms with Gasteiger partial charge in [-0.2, -0.15) is 13.2 Å². The van der Waals surface area contributed by atoms with Crippen molar-refractivity contribution in [1.82, 2.24) is 10.6 Å². The molecule has 0 saturated carbocycles. The Morgan fingerprint density at radius 3 is 2.46 bits per heavy atom. The van der Waals surface area contributed by atoms with Crippen molar-refractivity contribution < 1.29 is 17.9 Å². The summed E-state index contributed by atoms with van der Waals surface area (Å²) < 4.78 is 46.3. The molecule has 0 spiro atoms. The maximum atomic E-state index is 13.7. The van der Waals surface area contributed by atoms with E-state index < -0.39 is 11.7 Å². The molecule has 1 heterocycles. The van der Waals surface area contributed by atoms with Gasteiger partial charge in [0.15, 0.2) is 5.96 Å². The monoisotopic (exact) mass is 400 g/mol. The lowest BCUT2D eigenvalue weighted by atomic mass is 10.1. The standard InChI is InChI=1S/C20H31F3N4O/c1-5-24-19(26-15(4)14(2)3)25-13-16-6-7-17(12-18(16)20(21,22)23)27-8-10-28-11-9-27/h6-7,12,14-15H,5,8-11,13H2,1-4H3,(H2,24,25,26). The van der Waals surface area contributed by atoms with Crippen molar-refractivity contribution in [2.24, 2.45) is 10.9 Å². The second-order valence-electron chi connectivity index (χ2n) is 7.31. The smallest absolute Gasteiger partial charge is 0.378 e. The number of morpholine rings is 1. The Hall–Kier alpha value is -1.96. The highest BCUT2D eigenvalue weighted by molar-refractivity contribution is 5.80. The number of halogens is 3. The van der Waals surface area contributed by atoms with Gasteiger partial charge in [0.2, 0.25) is 0 Å². The summed E-state index contributed by atoms with van der Waals surface area (Å²) in [6.45, 7) is 10.9. The highest BCUT2D eigenvalue weighted by Gasteiger charge is 2.34. The van der Waals surface area contributed by atoms with Gasteiger partial charge in [-0.05, 0) is 37.5 Å². The lowest BCUT2D eigenvalue weighted by Gasteiger charge is -2.29. The fourth-order valence-corrected chi connectivity index (χ4v) is 2.85. The van der Waals surface area contributed by atoms with Gasteiger partial charge < -0.3 is 20.3 Å². The van der Waals surface area contributed by atoms with Crippen LogP contribution in [0.25, 0.3) is 0 Å². The molecule has 0 bridgehead atoms. The second-order valence-corrected chi connectivity index (χ2v) is 7.31. The van der Waals surface area contributed by atoms with Gasteiger partial charge in [-0.3, -0.25) is 0 Å². The van der Waals surface area contributed by atoms with E-state index in [-0.39, 0.29) is 18.2 Å². The first-order chi connectivity index (χ1) is 13.2. The van der Waals surface area contributed by atoms with Gasteiger partial charge in [0.05, 0.1) is 25.3 Å². The van der Waals surface area contributed by atoms with Crippen LogP contribution >= 0.6 is 0 Å². The summed E-state index contributed by atoms with van der Waals surface area (Å²) in [6, 6.07) is 4.66. The first kappa shape index (κ1) is 22.3. The Morgan fingerprint density at radius 2 is 1.89 bits per heavy atom. The summed E-state index contributed by atoms with van der Waals surface area (Å²) in [6.07, 6.45) is -4.43. The first-order valence-electron chi connectivity index (χ1n) is 9.80. The van der Waals surface area contributed by atoms with Gasteiger partial charge in [-0.15, -0.1) is 0 Å². The van der Waals surface area contributed by atoms with Crippen LogP contribution in [0.3, 0.4) is 0 Å². The van der Waals surface area contributed by atoms with Crippen LogP contribution in [-0.2, 0) is 17.5 Å². The molecule has 8 heteroatoms. The minimum absolute atomic E-state index is 0.0433. The summed E-state index contributed by atoms with van der Waals surface area (Å²) in [5.41, 5.74) is 0.105. The van der Waals surface area contributed by atoms with Crippen LogP contribution in [0.5, 0.6) is 0 Å². The zero-order valence-electron chi connectivity index (χ0n) is 17.1. The van der Waals surface area contributed by atoms with Gasteiger partial charge in [0.1, 0.15) is 0 Å². The molecule has 1 saturated heterocycles. The van der Waals surface area contributed by atoms with E-state index in [4.69, 9.17) is 4.74 Å². The summed E-state index contributed by atoms with van der Waals surface area (Å²) >= 11 is 0. The average Bonchev–Trinajstić information content (AvgIpc) is 2.66. The maximum absolute atomic E-state index is 13.7. The van der Waals surface area contributed by atoms with E-state index in [9.17, 15) is 13.2 Å². The van der Waals surface area contributed by atoms with E-state index in [1.807, 2.05) is 18.7 Å². The number of alkyl halides is 3. The predicted molar refractivity (Wildman–Crippen MR) is 107 cm³/mol. The Balaban J connectivity index is 2.24. The molecule has 1 aromatic rings. The minimum atomic E-state index is -4.43. The van der Waals surface area contributed by atoms with Crippen LogP contribution in [0.1, 0.15) is 38.8 Å². The molecule has 1 fully saturated rings. The first-order valence-corrected chi connectivity index (χ1v) is 9.80. The van der Waals surface area contributed by atoms with Crippen molar-refractivity contribution in [2.75, 3.05) is 37.7 Å². The number of nitrogens with zero attached hydrogens (tertiary/aromatic N) is 2. The van der Waals surface area contributed by atoms with Crippen LogP contribution in [0.2, 0.25) is 0 Å². The van der Waals surface area contributed by atoms with Crippen molar-refractivity contribution in [1.29, 1.82) is 0 Å². The van der Waals surface area contributed by atoms with Crippen LogP contribution < -0.4 is 15.5 Å². The molecule has 0 aromatic heterocycles. The van der Waals surface area contributed by atoms with Gasteiger partial charge in [-0.25, -0.2) is 4.99 Å². The Morgan fingerprint density at radius 1 is 1.21 bits per heavy atom. The van der Waals surface area contributed by atoms with Crippen LogP contribution in [-0.4, -0.2) is 44.8 Å². The molecule has 1 unspecified atom stereocenters. The number of hydrogen-bond donors (Lipinski definition) is 2. The van der Waals surface area contributed by atoms with E-state index in [1.165, 1.54) is 12.1 Å². The fourth-order valence-electron chi connectivity index (χ4n) is 2.85. The number of nitrogens with one attached hydrogen (secondary N) is 2. The van der Waals surface area contributed by atoms with E-state index in [0.29, 0.717) is 50.4 Å². The number of rotatable bonds is 6. The molecule has 0 aliphatic carbocycles. The lowest BCUT2D eigenvalue weighted by molar-refractivity contribution is -0.138. The number of benzene rings is 1. The molecule has 0 radical (unpaired) electrons. The summed E-state index contributed by atoms with van der Waals surface area (Å²) in [4.78, 5) is 6.30. The number of aliphatic imine (C=N–C) groups is 1. The van der Waals surface area contributed by atoms with Crippen molar-refractivity contribution in [3.05, 3.63) is 29.3 Å². The highest BCUT2D eigenvalue weighted by Crippen LogP contribution is 2.35. The van der Waals surface area contributed by atoms with E-state index >= 15 is 0 Å². The molecule has 2 N–H and O–H groups in total. The Kier molecular flexibility index (Phi) is 7.98.